The molecule has 0 fully saturated rings. The van der Waals surface area contributed by atoms with Crippen LogP contribution in [0, 0.1) is 5.82 Å². The molecule has 0 radical (unpaired) electrons. The molecule has 1 aliphatic rings. The summed E-state index contributed by atoms with van der Waals surface area (Å²) >= 11 is 5.77. The highest BCUT2D eigenvalue weighted by molar-refractivity contribution is 6.31. The van der Waals surface area contributed by atoms with E-state index in [9.17, 15) is 9.18 Å². The Kier molecular flexibility index (Phi) is 4.15. The number of hydrogen-bond acceptors (Lipinski definition) is 3. The number of carbonyl (C=O) groups excluding carboxylic acids is 1. The lowest BCUT2D eigenvalue weighted by Crippen LogP contribution is -2.40. The molecule has 0 unspecified atom stereocenters. The normalized spacial score (nSPS) is 16.2. The van der Waals surface area contributed by atoms with Crippen molar-refractivity contribution in [1.29, 1.82) is 0 Å². The van der Waals surface area contributed by atoms with Crippen LogP contribution >= 0.6 is 11.6 Å². The zero-order chi connectivity index (χ0) is 15.5. The van der Waals surface area contributed by atoms with E-state index in [4.69, 9.17) is 21.1 Å². The molecule has 0 saturated heterocycles. The molecular formula is C16H13ClFNO3. The summed E-state index contributed by atoms with van der Waals surface area (Å²) < 4.78 is 24.9. The van der Waals surface area contributed by atoms with Crippen LogP contribution in [0.25, 0.3) is 0 Å². The zero-order valence-corrected chi connectivity index (χ0v) is 12.3. The molecule has 0 spiro atoms. The fraction of sp³-hybridized carbons (Fsp3) is 0.188. The SMILES string of the molecule is O=C(NC[C@H]1COc2ccccc2O1)c1cc(Cl)ccc1F. The van der Waals surface area contributed by atoms with Crippen LogP contribution in [0.1, 0.15) is 10.4 Å². The van der Waals surface area contributed by atoms with Gasteiger partial charge in [0.15, 0.2) is 11.5 Å². The number of halogens is 2. The monoisotopic (exact) mass is 321 g/mol. The summed E-state index contributed by atoms with van der Waals surface area (Å²) in [5.74, 6) is 0.142. The maximum atomic E-state index is 13.6. The van der Waals surface area contributed by atoms with Crippen molar-refractivity contribution in [1.82, 2.24) is 5.32 Å². The highest BCUT2D eigenvalue weighted by Gasteiger charge is 2.22. The summed E-state index contributed by atoms with van der Waals surface area (Å²) in [5, 5.41) is 2.93. The van der Waals surface area contributed by atoms with Crippen LogP contribution in [0.5, 0.6) is 11.5 Å². The van der Waals surface area contributed by atoms with Gasteiger partial charge in [0.05, 0.1) is 12.1 Å². The summed E-state index contributed by atoms with van der Waals surface area (Å²) in [7, 11) is 0. The molecule has 2 aromatic rings. The fourth-order valence-corrected chi connectivity index (χ4v) is 2.31. The highest BCUT2D eigenvalue weighted by Crippen LogP contribution is 2.30. The second-order valence-corrected chi connectivity index (χ2v) is 5.27. The van der Waals surface area contributed by atoms with E-state index in [-0.39, 0.29) is 18.2 Å². The molecule has 1 heterocycles. The van der Waals surface area contributed by atoms with Crippen LogP contribution in [-0.4, -0.2) is 25.2 Å². The molecule has 1 aliphatic heterocycles. The van der Waals surface area contributed by atoms with E-state index < -0.39 is 11.7 Å². The van der Waals surface area contributed by atoms with Gasteiger partial charge in [-0.2, -0.15) is 0 Å². The third-order valence-electron chi connectivity index (χ3n) is 3.23. The van der Waals surface area contributed by atoms with Gasteiger partial charge in [-0.15, -0.1) is 0 Å². The third kappa shape index (κ3) is 3.14. The van der Waals surface area contributed by atoms with Crippen molar-refractivity contribution >= 4 is 17.5 Å². The van der Waals surface area contributed by atoms with E-state index >= 15 is 0 Å². The molecule has 6 heteroatoms. The van der Waals surface area contributed by atoms with Crippen LogP contribution in [0.15, 0.2) is 42.5 Å². The van der Waals surface area contributed by atoms with Crippen LogP contribution < -0.4 is 14.8 Å². The average Bonchev–Trinajstić information content (AvgIpc) is 2.54. The van der Waals surface area contributed by atoms with Gasteiger partial charge in [0.25, 0.3) is 5.91 Å². The molecule has 1 N–H and O–H groups in total. The Bertz CT molecular complexity index is 708. The van der Waals surface area contributed by atoms with Crippen molar-refractivity contribution in [3.05, 3.63) is 58.9 Å². The van der Waals surface area contributed by atoms with Gasteiger partial charge in [0.2, 0.25) is 0 Å². The van der Waals surface area contributed by atoms with Crippen molar-refractivity contribution in [3.63, 3.8) is 0 Å². The first-order valence-corrected chi connectivity index (χ1v) is 7.13. The van der Waals surface area contributed by atoms with Crippen LogP contribution in [0.3, 0.4) is 0 Å². The smallest absolute Gasteiger partial charge is 0.254 e. The van der Waals surface area contributed by atoms with Crippen LogP contribution in [0.4, 0.5) is 4.39 Å². The molecule has 0 aliphatic carbocycles. The fourth-order valence-electron chi connectivity index (χ4n) is 2.14. The number of fused-ring (bicyclic) bond motifs is 1. The van der Waals surface area contributed by atoms with Crippen molar-refractivity contribution in [2.75, 3.05) is 13.2 Å². The van der Waals surface area contributed by atoms with Gasteiger partial charge in [0.1, 0.15) is 18.5 Å². The minimum absolute atomic E-state index is 0.0929. The lowest BCUT2D eigenvalue weighted by atomic mass is 10.2. The van der Waals surface area contributed by atoms with E-state index in [0.29, 0.717) is 23.1 Å². The van der Waals surface area contributed by atoms with E-state index in [2.05, 4.69) is 5.32 Å². The first-order chi connectivity index (χ1) is 10.6. The maximum absolute atomic E-state index is 13.6. The predicted molar refractivity (Wildman–Crippen MR) is 80.1 cm³/mol. The number of nitrogens with one attached hydrogen (secondary N) is 1. The lowest BCUT2D eigenvalue weighted by Gasteiger charge is -2.26. The maximum Gasteiger partial charge on any atom is 0.254 e. The zero-order valence-electron chi connectivity index (χ0n) is 11.5. The van der Waals surface area contributed by atoms with Gasteiger partial charge in [-0.05, 0) is 30.3 Å². The summed E-state index contributed by atoms with van der Waals surface area (Å²) in [5.41, 5.74) is -0.0929. The second kappa shape index (κ2) is 6.23. The summed E-state index contributed by atoms with van der Waals surface area (Å²) in [6.07, 6.45) is -0.332. The number of benzene rings is 2. The Hall–Kier alpha value is -2.27. The number of para-hydroxylation sites is 2. The first kappa shape index (κ1) is 14.7. The summed E-state index contributed by atoms with van der Waals surface area (Å²) in [6, 6.07) is 11.1. The molecule has 0 saturated carbocycles. The van der Waals surface area contributed by atoms with Crippen molar-refractivity contribution in [2.45, 2.75) is 6.10 Å². The molecular weight excluding hydrogens is 309 g/mol. The van der Waals surface area contributed by atoms with Crippen LogP contribution in [-0.2, 0) is 0 Å². The molecule has 3 rings (SSSR count). The number of hydrogen-bond donors (Lipinski definition) is 1. The molecule has 114 valence electrons. The van der Waals surface area contributed by atoms with Gasteiger partial charge < -0.3 is 14.8 Å². The Labute approximate surface area is 131 Å². The Morgan fingerprint density at radius 2 is 2.05 bits per heavy atom. The molecule has 1 atom stereocenters. The van der Waals surface area contributed by atoms with Crippen molar-refractivity contribution < 1.29 is 18.7 Å². The number of rotatable bonds is 3. The topological polar surface area (TPSA) is 47.6 Å². The van der Waals surface area contributed by atoms with Gasteiger partial charge in [-0.25, -0.2) is 4.39 Å². The lowest BCUT2D eigenvalue weighted by molar-refractivity contribution is 0.0787. The third-order valence-corrected chi connectivity index (χ3v) is 3.47. The highest BCUT2D eigenvalue weighted by atomic mass is 35.5. The standard InChI is InChI=1S/C16H13ClFNO3/c17-10-5-6-13(18)12(7-10)16(20)19-8-11-9-21-14-3-1-2-4-15(14)22-11/h1-7,11H,8-9H2,(H,19,20)/t11-/m0/s1. The van der Waals surface area contributed by atoms with Gasteiger partial charge in [-0.1, -0.05) is 23.7 Å². The number of amides is 1. The number of carbonyl (C=O) groups is 1. The molecule has 2 aromatic carbocycles. The van der Waals surface area contributed by atoms with Gasteiger partial charge in [-0.3, -0.25) is 4.79 Å². The molecule has 4 nitrogen and oxygen atoms in total. The summed E-state index contributed by atoms with van der Waals surface area (Å²) in [4.78, 5) is 12.0. The van der Waals surface area contributed by atoms with E-state index in [0.717, 1.165) is 6.07 Å². The minimum Gasteiger partial charge on any atom is -0.486 e. The molecule has 0 bridgehead atoms. The number of ether oxygens (including phenoxy) is 2. The van der Waals surface area contributed by atoms with E-state index in [1.807, 2.05) is 18.2 Å². The van der Waals surface area contributed by atoms with Gasteiger partial charge in [0, 0.05) is 5.02 Å². The quantitative estimate of drug-likeness (QED) is 0.945. The van der Waals surface area contributed by atoms with E-state index in [1.54, 1.807) is 6.07 Å². The minimum atomic E-state index is -0.618. The predicted octanol–water partition coefficient (Wildman–Crippen LogP) is 3.05. The Morgan fingerprint density at radius 3 is 2.86 bits per heavy atom. The Balaban J connectivity index is 1.61. The first-order valence-electron chi connectivity index (χ1n) is 6.75. The van der Waals surface area contributed by atoms with E-state index in [1.165, 1.54) is 12.1 Å². The van der Waals surface area contributed by atoms with Crippen LogP contribution in [0.2, 0.25) is 5.02 Å². The second-order valence-electron chi connectivity index (χ2n) is 4.83. The average molecular weight is 322 g/mol. The Morgan fingerprint density at radius 1 is 1.27 bits per heavy atom. The molecule has 22 heavy (non-hydrogen) atoms. The molecule has 1 amide bonds. The largest absolute Gasteiger partial charge is 0.486 e. The van der Waals surface area contributed by atoms with Gasteiger partial charge >= 0.3 is 0 Å². The molecule has 0 aromatic heterocycles. The summed E-state index contributed by atoms with van der Waals surface area (Å²) in [6.45, 7) is 0.522. The van der Waals surface area contributed by atoms with Crippen molar-refractivity contribution in [3.8, 4) is 11.5 Å². The van der Waals surface area contributed by atoms with Crippen molar-refractivity contribution in [2.24, 2.45) is 0 Å².